The number of nitrogens with zero attached hydrogens (tertiary/aromatic N) is 2. The number of ether oxygens (including phenoxy) is 1. The zero-order valence-corrected chi connectivity index (χ0v) is 14.9. The number of amides is 1. The molecule has 126 valence electrons. The molecule has 0 bridgehead atoms. The highest BCUT2D eigenvalue weighted by molar-refractivity contribution is 6.31. The lowest BCUT2D eigenvalue weighted by Crippen LogP contribution is -2.50. The van der Waals surface area contributed by atoms with E-state index in [2.05, 4.69) is 17.0 Å². The average Bonchev–Trinajstić information content (AvgIpc) is 3.31. The van der Waals surface area contributed by atoms with E-state index in [1.165, 1.54) is 24.1 Å². The Hall–Kier alpha value is -1.42. The number of halogens is 1. The fourth-order valence-electron chi connectivity index (χ4n) is 2.91. The largest absolute Gasteiger partial charge is 0.444 e. The number of hydrogen-bond donors (Lipinski definition) is 0. The molecule has 0 aromatic heterocycles. The van der Waals surface area contributed by atoms with E-state index >= 15 is 0 Å². The molecule has 23 heavy (non-hydrogen) atoms. The van der Waals surface area contributed by atoms with Crippen LogP contribution < -0.4 is 4.90 Å². The van der Waals surface area contributed by atoms with E-state index in [9.17, 15) is 4.79 Å². The first-order valence-electron chi connectivity index (χ1n) is 8.36. The van der Waals surface area contributed by atoms with Crippen LogP contribution in [0.2, 0.25) is 5.02 Å². The summed E-state index contributed by atoms with van der Waals surface area (Å²) in [5.41, 5.74) is 2.04. The number of rotatable bonds is 2. The van der Waals surface area contributed by atoms with Gasteiger partial charge in [0.1, 0.15) is 5.60 Å². The highest BCUT2D eigenvalue weighted by Crippen LogP contribution is 2.44. The smallest absolute Gasteiger partial charge is 0.410 e. The van der Waals surface area contributed by atoms with Crippen LogP contribution in [-0.2, 0) is 4.74 Å². The summed E-state index contributed by atoms with van der Waals surface area (Å²) in [5, 5.41) is 0.878. The van der Waals surface area contributed by atoms with Gasteiger partial charge in [0.05, 0.1) is 0 Å². The summed E-state index contributed by atoms with van der Waals surface area (Å²) in [6, 6.07) is 6.31. The van der Waals surface area contributed by atoms with Crippen molar-refractivity contribution in [3.63, 3.8) is 0 Å². The molecule has 1 saturated heterocycles. The van der Waals surface area contributed by atoms with Crippen LogP contribution >= 0.6 is 11.6 Å². The van der Waals surface area contributed by atoms with Crippen molar-refractivity contribution in [2.75, 3.05) is 31.1 Å². The van der Waals surface area contributed by atoms with Crippen molar-refractivity contribution in [3.05, 3.63) is 28.8 Å². The molecular weight excluding hydrogens is 312 g/mol. The number of piperazine rings is 1. The number of anilines is 1. The summed E-state index contributed by atoms with van der Waals surface area (Å²) in [6.07, 6.45) is 2.28. The molecule has 2 aliphatic rings. The van der Waals surface area contributed by atoms with Crippen LogP contribution in [0.3, 0.4) is 0 Å². The van der Waals surface area contributed by atoms with E-state index in [0.717, 1.165) is 18.1 Å². The van der Waals surface area contributed by atoms with Crippen LogP contribution in [-0.4, -0.2) is 42.8 Å². The van der Waals surface area contributed by atoms with Gasteiger partial charge < -0.3 is 14.5 Å². The Kier molecular flexibility index (Phi) is 4.45. The Morgan fingerprint density at radius 1 is 1.17 bits per heavy atom. The number of benzene rings is 1. The highest BCUT2D eigenvalue weighted by Gasteiger charge is 2.28. The Morgan fingerprint density at radius 2 is 1.83 bits per heavy atom. The monoisotopic (exact) mass is 336 g/mol. The van der Waals surface area contributed by atoms with Crippen LogP contribution in [0.4, 0.5) is 10.5 Å². The standard InChI is InChI=1S/C18H25ClN2O2/c1-18(2,3)23-17(22)21-10-8-20(9-11-21)14-6-7-16(19)15(12-14)13-4-5-13/h6-7,12-13H,4-5,8-11H2,1-3H3. The summed E-state index contributed by atoms with van der Waals surface area (Å²) in [4.78, 5) is 16.2. The molecule has 1 aromatic rings. The first kappa shape index (κ1) is 16.4. The number of carbonyl (C=O) groups is 1. The molecule has 0 spiro atoms. The maximum Gasteiger partial charge on any atom is 0.410 e. The molecule has 1 amide bonds. The maximum atomic E-state index is 12.1. The molecule has 0 atom stereocenters. The van der Waals surface area contributed by atoms with Crippen LogP contribution in [0.5, 0.6) is 0 Å². The van der Waals surface area contributed by atoms with Crippen LogP contribution in [0.15, 0.2) is 18.2 Å². The molecule has 0 unspecified atom stereocenters. The molecule has 3 rings (SSSR count). The van der Waals surface area contributed by atoms with E-state index < -0.39 is 5.60 Å². The van der Waals surface area contributed by atoms with Gasteiger partial charge in [0.25, 0.3) is 0 Å². The highest BCUT2D eigenvalue weighted by atomic mass is 35.5. The van der Waals surface area contributed by atoms with Crippen molar-refractivity contribution in [1.29, 1.82) is 0 Å². The molecule has 5 heteroatoms. The van der Waals surface area contributed by atoms with E-state index in [1.807, 2.05) is 26.8 Å². The minimum Gasteiger partial charge on any atom is -0.444 e. The van der Waals surface area contributed by atoms with E-state index in [0.29, 0.717) is 19.0 Å². The maximum absolute atomic E-state index is 12.1. The van der Waals surface area contributed by atoms with Crippen molar-refractivity contribution in [3.8, 4) is 0 Å². The summed E-state index contributed by atoms with van der Waals surface area (Å²) in [7, 11) is 0. The zero-order chi connectivity index (χ0) is 16.6. The fraction of sp³-hybridized carbons (Fsp3) is 0.611. The Balaban J connectivity index is 1.61. The van der Waals surface area contributed by atoms with Gasteiger partial charge in [-0.3, -0.25) is 0 Å². The summed E-state index contributed by atoms with van der Waals surface area (Å²) >= 11 is 6.31. The third kappa shape index (κ3) is 4.11. The second-order valence-electron chi connectivity index (χ2n) is 7.43. The predicted octanol–water partition coefficient (Wildman–Crippen LogP) is 4.27. The quantitative estimate of drug-likeness (QED) is 0.808. The van der Waals surface area contributed by atoms with Gasteiger partial charge in [0, 0.05) is 36.9 Å². The summed E-state index contributed by atoms with van der Waals surface area (Å²) in [5.74, 6) is 0.644. The lowest BCUT2D eigenvalue weighted by atomic mass is 10.1. The third-order valence-corrected chi connectivity index (χ3v) is 4.64. The van der Waals surface area contributed by atoms with E-state index in [4.69, 9.17) is 16.3 Å². The molecule has 1 saturated carbocycles. The molecule has 0 radical (unpaired) electrons. The fourth-order valence-corrected chi connectivity index (χ4v) is 3.18. The van der Waals surface area contributed by atoms with Crippen LogP contribution in [0.1, 0.15) is 45.1 Å². The van der Waals surface area contributed by atoms with Gasteiger partial charge in [0.15, 0.2) is 0 Å². The minimum absolute atomic E-state index is 0.216. The lowest BCUT2D eigenvalue weighted by Gasteiger charge is -2.37. The number of carbonyl (C=O) groups excluding carboxylic acids is 1. The van der Waals surface area contributed by atoms with Crippen molar-refractivity contribution in [1.82, 2.24) is 4.90 Å². The number of hydrogen-bond acceptors (Lipinski definition) is 3. The van der Waals surface area contributed by atoms with Gasteiger partial charge in [0.2, 0.25) is 0 Å². The molecule has 1 aliphatic heterocycles. The van der Waals surface area contributed by atoms with Gasteiger partial charge in [-0.1, -0.05) is 11.6 Å². The van der Waals surface area contributed by atoms with E-state index in [1.54, 1.807) is 4.90 Å². The normalized spacial score (nSPS) is 19.0. The van der Waals surface area contributed by atoms with Gasteiger partial charge in [-0.25, -0.2) is 4.79 Å². The van der Waals surface area contributed by atoms with Gasteiger partial charge in [-0.15, -0.1) is 0 Å². The average molecular weight is 337 g/mol. The van der Waals surface area contributed by atoms with Crippen molar-refractivity contribution in [2.45, 2.75) is 45.1 Å². The van der Waals surface area contributed by atoms with Gasteiger partial charge >= 0.3 is 6.09 Å². The molecule has 4 nitrogen and oxygen atoms in total. The van der Waals surface area contributed by atoms with Gasteiger partial charge in [-0.2, -0.15) is 0 Å². The molecule has 0 N–H and O–H groups in total. The minimum atomic E-state index is -0.441. The summed E-state index contributed by atoms with van der Waals surface area (Å²) in [6.45, 7) is 8.72. The molecule has 1 aliphatic carbocycles. The Labute approximate surface area is 143 Å². The lowest BCUT2D eigenvalue weighted by molar-refractivity contribution is 0.0240. The van der Waals surface area contributed by atoms with Crippen LogP contribution in [0.25, 0.3) is 0 Å². The SMILES string of the molecule is CC(C)(C)OC(=O)N1CCN(c2ccc(Cl)c(C3CC3)c2)CC1. The second-order valence-corrected chi connectivity index (χ2v) is 7.84. The Morgan fingerprint density at radius 3 is 2.39 bits per heavy atom. The van der Waals surface area contributed by atoms with Crippen molar-refractivity contribution in [2.24, 2.45) is 0 Å². The van der Waals surface area contributed by atoms with Crippen molar-refractivity contribution < 1.29 is 9.53 Å². The van der Waals surface area contributed by atoms with Crippen LogP contribution in [0, 0.1) is 0 Å². The second kappa shape index (κ2) is 6.23. The zero-order valence-electron chi connectivity index (χ0n) is 14.1. The third-order valence-electron chi connectivity index (χ3n) is 4.29. The molecule has 1 aromatic carbocycles. The van der Waals surface area contributed by atoms with Crippen molar-refractivity contribution >= 4 is 23.4 Å². The first-order chi connectivity index (χ1) is 10.8. The summed E-state index contributed by atoms with van der Waals surface area (Å²) < 4.78 is 5.44. The first-order valence-corrected chi connectivity index (χ1v) is 8.73. The predicted molar refractivity (Wildman–Crippen MR) is 93.4 cm³/mol. The Bertz CT molecular complexity index is 585. The van der Waals surface area contributed by atoms with Gasteiger partial charge in [-0.05, 0) is 63.3 Å². The molecule has 2 fully saturated rings. The topological polar surface area (TPSA) is 32.8 Å². The molecule has 1 heterocycles. The molecular formula is C18H25ClN2O2. The van der Waals surface area contributed by atoms with E-state index in [-0.39, 0.29) is 6.09 Å².